The van der Waals surface area contributed by atoms with E-state index in [1.54, 1.807) is 0 Å². The second kappa shape index (κ2) is 7.08. The van der Waals surface area contributed by atoms with Crippen LogP contribution in [0, 0.1) is 11.3 Å². The summed E-state index contributed by atoms with van der Waals surface area (Å²) in [5, 5.41) is 3.72. The Morgan fingerprint density at radius 1 is 1.11 bits per heavy atom. The predicted molar refractivity (Wildman–Crippen MR) is 85.6 cm³/mol. The maximum Gasteiger partial charge on any atom is 0.00967 e. The van der Waals surface area contributed by atoms with Gasteiger partial charge in [0.05, 0.1) is 0 Å². The summed E-state index contributed by atoms with van der Waals surface area (Å²) in [4.78, 5) is 2.58. The third-order valence-electron chi connectivity index (χ3n) is 4.89. The van der Waals surface area contributed by atoms with E-state index in [9.17, 15) is 0 Å². The summed E-state index contributed by atoms with van der Waals surface area (Å²) in [6.07, 6.45) is 6.89. The zero-order valence-corrected chi connectivity index (χ0v) is 14.2. The molecule has 1 aliphatic carbocycles. The van der Waals surface area contributed by atoms with E-state index < -0.39 is 0 Å². The highest BCUT2D eigenvalue weighted by Crippen LogP contribution is 2.30. The van der Waals surface area contributed by atoms with Crippen LogP contribution in [0.2, 0.25) is 0 Å². The van der Waals surface area contributed by atoms with Gasteiger partial charge in [-0.2, -0.15) is 0 Å². The lowest BCUT2D eigenvalue weighted by atomic mass is 9.80. The highest BCUT2D eigenvalue weighted by atomic mass is 15.1. The highest BCUT2D eigenvalue weighted by Gasteiger charge is 2.30. The Morgan fingerprint density at radius 3 is 2.05 bits per heavy atom. The van der Waals surface area contributed by atoms with Gasteiger partial charge in [0.2, 0.25) is 0 Å². The van der Waals surface area contributed by atoms with Crippen molar-refractivity contribution in [2.24, 2.45) is 11.3 Å². The summed E-state index contributed by atoms with van der Waals surface area (Å²) < 4.78 is 0. The molecule has 2 heteroatoms. The minimum atomic E-state index is 0.224. The Balaban J connectivity index is 2.48. The summed E-state index contributed by atoms with van der Waals surface area (Å²) in [6.45, 7) is 15.2. The van der Waals surface area contributed by atoms with Crippen LogP contribution in [-0.4, -0.2) is 37.1 Å². The highest BCUT2D eigenvalue weighted by molar-refractivity contribution is 4.86. The Hall–Kier alpha value is -0.0800. The molecule has 0 radical (unpaired) electrons. The van der Waals surface area contributed by atoms with Gasteiger partial charge in [-0.15, -0.1) is 0 Å². The molecular formula is C17H36N2. The van der Waals surface area contributed by atoms with Gasteiger partial charge in [0, 0.05) is 25.2 Å². The van der Waals surface area contributed by atoms with Crippen LogP contribution >= 0.6 is 0 Å². The lowest BCUT2D eigenvalue weighted by Gasteiger charge is -2.40. The molecule has 1 N–H and O–H groups in total. The second-order valence-electron chi connectivity index (χ2n) is 7.80. The zero-order valence-electron chi connectivity index (χ0n) is 14.2. The van der Waals surface area contributed by atoms with Crippen LogP contribution in [0.4, 0.5) is 0 Å². The molecular weight excluding hydrogens is 232 g/mol. The summed E-state index contributed by atoms with van der Waals surface area (Å²) in [5.41, 5.74) is 0.661. The standard InChI is InChI=1S/C17H36N2/c1-7-17(8-2,13-18-16(3,4)5)14-19(6)12-15-10-9-11-15/h15,18H,7-14H2,1-6H3. The molecule has 1 fully saturated rings. The van der Waals surface area contributed by atoms with Gasteiger partial charge < -0.3 is 10.2 Å². The van der Waals surface area contributed by atoms with E-state index in [2.05, 4.69) is 51.9 Å². The van der Waals surface area contributed by atoms with E-state index in [4.69, 9.17) is 0 Å². The first-order valence-corrected chi connectivity index (χ1v) is 8.24. The average molecular weight is 268 g/mol. The molecule has 0 unspecified atom stereocenters. The maximum absolute atomic E-state index is 3.72. The first-order valence-electron chi connectivity index (χ1n) is 8.24. The average Bonchev–Trinajstić information content (AvgIpc) is 2.28. The molecule has 0 bridgehead atoms. The fourth-order valence-corrected chi connectivity index (χ4v) is 2.99. The first-order chi connectivity index (χ1) is 8.80. The van der Waals surface area contributed by atoms with Gasteiger partial charge in [-0.3, -0.25) is 0 Å². The van der Waals surface area contributed by atoms with Crippen LogP contribution in [0.25, 0.3) is 0 Å². The Bertz CT molecular complexity index is 246. The van der Waals surface area contributed by atoms with Crippen LogP contribution < -0.4 is 5.32 Å². The summed E-state index contributed by atoms with van der Waals surface area (Å²) >= 11 is 0. The first kappa shape index (κ1) is 17.0. The lowest BCUT2D eigenvalue weighted by Crippen LogP contribution is -2.48. The zero-order chi connectivity index (χ0) is 14.5. The minimum absolute atomic E-state index is 0.224. The van der Waals surface area contributed by atoms with Crippen molar-refractivity contribution in [2.45, 2.75) is 72.3 Å². The monoisotopic (exact) mass is 268 g/mol. The van der Waals surface area contributed by atoms with Crippen LogP contribution in [0.3, 0.4) is 0 Å². The van der Waals surface area contributed by atoms with Crippen molar-refractivity contribution >= 4 is 0 Å². The normalized spacial score (nSPS) is 17.8. The number of nitrogens with zero attached hydrogens (tertiary/aromatic N) is 1. The molecule has 1 aliphatic rings. The summed E-state index contributed by atoms with van der Waals surface area (Å²) in [7, 11) is 2.31. The number of nitrogens with one attached hydrogen (secondary N) is 1. The van der Waals surface area contributed by atoms with E-state index >= 15 is 0 Å². The van der Waals surface area contributed by atoms with Gasteiger partial charge in [0.1, 0.15) is 0 Å². The molecule has 0 amide bonds. The molecule has 0 aromatic rings. The third-order valence-corrected chi connectivity index (χ3v) is 4.89. The smallest absolute Gasteiger partial charge is 0.00967 e. The number of rotatable bonds is 8. The van der Waals surface area contributed by atoms with Gasteiger partial charge in [-0.25, -0.2) is 0 Å². The predicted octanol–water partition coefficient (Wildman–Crippen LogP) is 3.91. The lowest BCUT2D eigenvalue weighted by molar-refractivity contribution is 0.116. The summed E-state index contributed by atoms with van der Waals surface area (Å²) in [5.74, 6) is 0.979. The molecule has 0 saturated heterocycles. The van der Waals surface area contributed by atoms with Crippen LogP contribution in [0.1, 0.15) is 66.7 Å². The second-order valence-corrected chi connectivity index (χ2v) is 7.80. The molecule has 2 nitrogen and oxygen atoms in total. The quantitative estimate of drug-likeness (QED) is 0.718. The molecule has 0 aromatic heterocycles. The Kier molecular flexibility index (Phi) is 6.32. The van der Waals surface area contributed by atoms with Crippen molar-refractivity contribution in [1.29, 1.82) is 0 Å². The van der Waals surface area contributed by atoms with Crippen molar-refractivity contribution in [2.75, 3.05) is 26.7 Å². The largest absolute Gasteiger partial charge is 0.311 e. The fraction of sp³-hybridized carbons (Fsp3) is 1.00. The van der Waals surface area contributed by atoms with E-state index in [0.717, 1.165) is 12.5 Å². The Labute approximate surface area is 121 Å². The molecule has 1 saturated carbocycles. The maximum atomic E-state index is 3.72. The SMILES string of the molecule is CCC(CC)(CNC(C)(C)C)CN(C)CC1CCC1. The number of hydrogen-bond donors (Lipinski definition) is 1. The van der Waals surface area contributed by atoms with E-state index in [0.29, 0.717) is 5.41 Å². The molecule has 0 spiro atoms. The molecule has 0 heterocycles. The Morgan fingerprint density at radius 2 is 1.68 bits per heavy atom. The van der Waals surface area contributed by atoms with Crippen molar-refractivity contribution in [3.05, 3.63) is 0 Å². The van der Waals surface area contributed by atoms with E-state index in [1.807, 2.05) is 0 Å². The van der Waals surface area contributed by atoms with Gasteiger partial charge in [0.25, 0.3) is 0 Å². The van der Waals surface area contributed by atoms with Crippen molar-refractivity contribution in [3.63, 3.8) is 0 Å². The van der Waals surface area contributed by atoms with Crippen molar-refractivity contribution in [1.82, 2.24) is 10.2 Å². The van der Waals surface area contributed by atoms with Gasteiger partial charge >= 0.3 is 0 Å². The number of hydrogen-bond acceptors (Lipinski definition) is 2. The molecule has 0 aliphatic heterocycles. The fourth-order valence-electron chi connectivity index (χ4n) is 2.99. The van der Waals surface area contributed by atoms with Crippen molar-refractivity contribution in [3.8, 4) is 0 Å². The molecule has 0 aromatic carbocycles. The molecule has 1 rings (SSSR count). The third kappa shape index (κ3) is 5.83. The molecule has 114 valence electrons. The van der Waals surface area contributed by atoms with E-state index in [1.165, 1.54) is 45.2 Å². The van der Waals surface area contributed by atoms with Crippen LogP contribution in [0.15, 0.2) is 0 Å². The van der Waals surface area contributed by atoms with Crippen molar-refractivity contribution < 1.29 is 0 Å². The van der Waals surface area contributed by atoms with Crippen LogP contribution in [0.5, 0.6) is 0 Å². The van der Waals surface area contributed by atoms with Gasteiger partial charge in [0.15, 0.2) is 0 Å². The van der Waals surface area contributed by atoms with Gasteiger partial charge in [-0.05, 0) is 64.8 Å². The van der Waals surface area contributed by atoms with E-state index in [-0.39, 0.29) is 5.54 Å². The topological polar surface area (TPSA) is 15.3 Å². The van der Waals surface area contributed by atoms with Gasteiger partial charge in [-0.1, -0.05) is 20.3 Å². The summed E-state index contributed by atoms with van der Waals surface area (Å²) in [6, 6.07) is 0. The minimum Gasteiger partial charge on any atom is -0.311 e. The van der Waals surface area contributed by atoms with Crippen LogP contribution in [-0.2, 0) is 0 Å². The molecule has 19 heavy (non-hydrogen) atoms. The molecule has 0 atom stereocenters.